The van der Waals surface area contributed by atoms with Crippen LogP contribution in [0.2, 0.25) is 0 Å². The average molecular weight is 267 g/mol. The normalized spacial score (nSPS) is 10.8. The molecule has 0 aliphatic heterocycles. The quantitative estimate of drug-likeness (QED) is 0.668. The lowest BCUT2D eigenvalue weighted by Gasteiger charge is -2.06. The third kappa shape index (κ3) is 2.17. The molecule has 1 heterocycles. The Kier molecular flexibility index (Phi) is 2.91. The molecule has 0 unspecified atom stereocenters. The molecule has 3 aromatic rings. The van der Waals surface area contributed by atoms with Gasteiger partial charge in [0, 0.05) is 10.3 Å². The topological polar surface area (TPSA) is 30.0 Å². The van der Waals surface area contributed by atoms with Crippen molar-refractivity contribution >= 4 is 21.4 Å². The fourth-order valence-electron chi connectivity index (χ4n) is 2.09. The van der Waals surface area contributed by atoms with Gasteiger partial charge in [-0.05, 0) is 37.6 Å². The third-order valence-corrected chi connectivity index (χ3v) is 4.23. The maximum atomic E-state index is 12.1. The van der Waals surface area contributed by atoms with Gasteiger partial charge >= 0.3 is 0 Å². The van der Waals surface area contributed by atoms with Gasteiger partial charge in [0.15, 0.2) is 0 Å². The number of aryl methyl sites for hydroxylation is 2. The lowest BCUT2D eigenvalue weighted by Crippen LogP contribution is -2.06. The Morgan fingerprint density at radius 3 is 2.68 bits per heavy atom. The van der Waals surface area contributed by atoms with Crippen molar-refractivity contribution in [2.24, 2.45) is 0 Å². The van der Waals surface area contributed by atoms with Gasteiger partial charge in [-0.15, -0.1) is 11.3 Å². The van der Waals surface area contributed by atoms with E-state index >= 15 is 0 Å². The minimum atomic E-state index is -0.148. The molecule has 3 rings (SSSR count). The summed E-state index contributed by atoms with van der Waals surface area (Å²) < 4.78 is 0.985. The number of rotatable bonds is 1. The number of hydrogen-bond donors (Lipinski definition) is 0. The van der Waals surface area contributed by atoms with E-state index in [0.29, 0.717) is 5.39 Å². The fourth-order valence-corrected chi connectivity index (χ4v) is 3.17. The molecule has 0 saturated heterocycles. The summed E-state index contributed by atoms with van der Waals surface area (Å²) >= 11 is 1.57. The van der Waals surface area contributed by atoms with E-state index in [4.69, 9.17) is 0 Å². The Morgan fingerprint density at radius 2 is 1.84 bits per heavy atom. The minimum absolute atomic E-state index is 0.148. The molecule has 0 N–H and O–H groups in total. The maximum absolute atomic E-state index is 12.1. The maximum Gasteiger partial charge on any atom is 0.279 e. The van der Waals surface area contributed by atoms with Crippen LogP contribution in [-0.2, 0) is 0 Å². The monoisotopic (exact) mass is 267 g/mol. The van der Waals surface area contributed by atoms with Gasteiger partial charge in [0.25, 0.3) is 5.56 Å². The van der Waals surface area contributed by atoms with E-state index in [2.05, 4.69) is 23.2 Å². The molecule has 19 heavy (non-hydrogen) atoms. The van der Waals surface area contributed by atoms with E-state index in [1.807, 2.05) is 38.1 Å². The predicted molar refractivity (Wildman–Crippen MR) is 80.8 cm³/mol. The van der Waals surface area contributed by atoms with Crippen LogP contribution in [0.3, 0.4) is 0 Å². The predicted octanol–water partition coefficient (Wildman–Crippen LogP) is 3.94. The number of benzene rings is 2. The molecule has 0 bridgehead atoms. The van der Waals surface area contributed by atoms with Crippen LogP contribution < -0.4 is 5.56 Å². The van der Waals surface area contributed by atoms with Crippen molar-refractivity contribution in [1.29, 1.82) is 0 Å². The standard InChI is InChI=1S/C16H13NOS/c1-10-7-8-11(2)13(9-10)16-17-15(18)12-5-3-4-6-14(12)19-16/h3-9H,1-2H3. The molecule has 1 aromatic heterocycles. The summed E-state index contributed by atoms with van der Waals surface area (Å²) in [5, 5.41) is 1.49. The molecule has 0 aliphatic carbocycles. The summed E-state index contributed by atoms with van der Waals surface area (Å²) in [5.74, 6) is 0. The van der Waals surface area contributed by atoms with Gasteiger partial charge < -0.3 is 0 Å². The van der Waals surface area contributed by atoms with Crippen molar-refractivity contribution in [3.63, 3.8) is 0 Å². The second kappa shape index (κ2) is 4.59. The van der Waals surface area contributed by atoms with Crippen molar-refractivity contribution < 1.29 is 0 Å². The van der Waals surface area contributed by atoms with Gasteiger partial charge in [-0.25, -0.2) is 0 Å². The Labute approximate surface area is 115 Å². The Morgan fingerprint density at radius 1 is 1.05 bits per heavy atom. The van der Waals surface area contributed by atoms with Gasteiger partial charge in [-0.1, -0.05) is 29.8 Å². The highest BCUT2D eigenvalue weighted by atomic mass is 32.1. The summed E-state index contributed by atoms with van der Waals surface area (Å²) in [7, 11) is 0. The van der Waals surface area contributed by atoms with Crippen LogP contribution in [0.5, 0.6) is 0 Å². The molecule has 0 amide bonds. The van der Waals surface area contributed by atoms with Gasteiger partial charge in [0.1, 0.15) is 5.01 Å². The Hall–Kier alpha value is -2.00. The molecule has 0 atom stereocenters. The average Bonchev–Trinajstić information content (AvgIpc) is 2.41. The highest BCUT2D eigenvalue weighted by Crippen LogP contribution is 2.28. The van der Waals surface area contributed by atoms with Crippen LogP contribution in [0.15, 0.2) is 47.3 Å². The largest absolute Gasteiger partial charge is 0.279 e. The van der Waals surface area contributed by atoms with Crippen LogP contribution in [0.1, 0.15) is 11.1 Å². The summed E-state index contributed by atoms with van der Waals surface area (Å²) in [6.07, 6.45) is 0. The van der Waals surface area contributed by atoms with Gasteiger partial charge in [-0.3, -0.25) is 4.79 Å². The van der Waals surface area contributed by atoms with E-state index in [9.17, 15) is 4.79 Å². The Balaban J connectivity index is 2.31. The Bertz CT molecular complexity index is 820. The summed E-state index contributed by atoms with van der Waals surface area (Å²) in [6, 6.07) is 13.8. The summed E-state index contributed by atoms with van der Waals surface area (Å²) in [5.41, 5.74) is 3.22. The van der Waals surface area contributed by atoms with Crippen LogP contribution in [0.4, 0.5) is 0 Å². The molecule has 2 nitrogen and oxygen atoms in total. The highest BCUT2D eigenvalue weighted by Gasteiger charge is 2.08. The lowest BCUT2D eigenvalue weighted by molar-refractivity contribution is 1.29. The van der Waals surface area contributed by atoms with E-state index in [0.717, 1.165) is 20.8 Å². The zero-order valence-electron chi connectivity index (χ0n) is 10.8. The molecular formula is C16H13NOS. The molecule has 3 heteroatoms. The number of nitrogens with zero attached hydrogens (tertiary/aromatic N) is 1. The number of aromatic nitrogens is 1. The lowest BCUT2D eigenvalue weighted by atomic mass is 10.1. The van der Waals surface area contributed by atoms with Crippen molar-refractivity contribution in [3.8, 4) is 10.6 Å². The molecule has 0 fully saturated rings. The zero-order chi connectivity index (χ0) is 13.4. The van der Waals surface area contributed by atoms with Crippen molar-refractivity contribution in [3.05, 3.63) is 63.9 Å². The van der Waals surface area contributed by atoms with E-state index in [1.54, 1.807) is 11.3 Å². The van der Waals surface area contributed by atoms with Crippen LogP contribution in [0.25, 0.3) is 20.7 Å². The molecule has 0 saturated carbocycles. The molecule has 94 valence electrons. The first-order chi connectivity index (χ1) is 9.15. The van der Waals surface area contributed by atoms with E-state index in [-0.39, 0.29) is 5.56 Å². The second-order valence-corrected chi connectivity index (χ2v) is 5.67. The first-order valence-electron chi connectivity index (χ1n) is 6.12. The number of hydrogen-bond acceptors (Lipinski definition) is 3. The zero-order valence-corrected chi connectivity index (χ0v) is 11.6. The minimum Gasteiger partial charge on any atom is -0.267 e. The summed E-state index contributed by atoms with van der Waals surface area (Å²) in [6.45, 7) is 4.09. The van der Waals surface area contributed by atoms with Crippen molar-refractivity contribution in [1.82, 2.24) is 4.98 Å². The molecular weight excluding hydrogens is 254 g/mol. The van der Waals surface area contributed by atoms with Gasteiger partial charge in [0.05, 0.1) is 5.39 Å². The van der Waals surface area contributed by atoms with Crippen LogP contribution in [0, 0.1) is 13.8 Å². The van der Waals surface area contributed by atoms with Crippen LogP contribution >= 0.6 is 11.3 Å². The van der Waals surface area contributed by atoms with Crippen molar-refractivity contribution in [2.45, 2.75) is 13.8 Å². The third-order valence-electron chi connectivity index (χ3n) is 3.15. The summed E-state index contributed by atoms with van der Waals surface area (Å²) in [4.78, 5) is 16.3. The smallest absolute Gasteiger partial charge is 0.267 e. The highest BCUT2D eigenvalue weighted by molar-refractivity contribution is 7.21. The fraction of sp³-hybridized carbons (Fsp3) is 0.125. The second-order valence-electron chi connectivity index (χ2n) is 4.64. The molecule has 2 aromatic carbocycles. The molecule has 0 aliphatic rings. The van der Waals surface area contributed by atoms with Crippen LogP contribution in [-0.4, -0.2) is 4.98 Å². The molecule has 0 radical (unpaired) electrons. The van der Waals surface area contributed by atoms with Crippen molar-refractivity contribution in [2.75, 3.05) is 0 Å². The molecule has 0 spiro atoms. The first kappa shape index (κ1) is 12.1. The van der Waals surface area contributed by atoms with Gasteiger partial charge in [-0.2, -0.15) is 4.98 Å². The van der Waals surface area contributed by atoms with E-state index < -0.39 is 0 Å². The van der Waals surface area contributed by atoms with Gasteiger partial charge in [0.2, 0.25) is 0 Å². The SMILES string of the molecule is Cc1ccc(C)c(-c2nc(=O)c3ccccc3s2)c1. The van der Waals surface area contributed by atoms with E-state index in [1.165, 1.54) is 5.56 Å². The number of fused-ring (bicyclic) bond motifs is 1. The first-order valence-corrected chi connectivity index (χ1v) is 6.94.